The lowest BCUT2D eigenvalue weighted by molar-refractivity contribution is 0.406. The van der Waals surface area contributed by atoms with Gasteiger partial charge in [-0.15, -0.1) is 0 Å². The SMILES string of the molecule is CCCN(Cc1ccc(N=Nc2ccccc2)cc1)S(=O)(=O)c1cccc2c(N(C)C)cccc12. The van der Waals surface area contributed by atoms with Gasteiger partial charge < -0.3 is 4.90 Å². The Morgan fingerprint density at radius 1 is 0.714 bits per heavy atom. The van der Waals surface area contributed by atoms with Crippen LogP contribution in [-0.4, -0.2) is 33.4 Å². The molecule has 4 rings (SSSR count). The van der Waals surface area contributed by atoms with Crippen molar-refractivity contribution in [2.24, 2.45) is 10.2 Å². The number of hydrogen-bond donors (Lipinski definition) is 0. The summed E-state index contributed by atoms with van der Waals surface area (Å²) in [5.41, 5.74) is 3.38. The van der Waals surface area contributed by atoms with Crippen LogP contribution in [0.2, 0.25) is 0 Å². The molecule has 35 heavy (non-hydrogen) atoms. The molecule has 0 saturated heterocycles. The highest BCUT2D eigenvalue weighted by atomic mass is 32.2. The molecule has 0 bridgehead atoms. The van der Waals surface area contributed by atoms with E-state index in [4.69, 9.17) is 0 Å². The van der Waals surface area contributed by atoms with E-state index >= 15 is 0 Å². The zero-order valence-electron chi connectivity index (χ0n) is 20.3. The molecule has 0 aliphatic heterocycles. The molecule has 0 atom stereocenters. The molecule has 4 aromatic carbocycles. The van der Waals surface area contributed by atoms with Crippen LogP contribution in [0.15, 0.2) is 106 Å². The zero-order chi connectivity index (χ0) is 24.8. The van der Waals surface area contributed by atoms with E-state index in [0.29, 0.717) is 17.1 Å². The monoisotopic (exact) mass is 486 g/mol. The Labute approximate surface area is 207 Å². The first-order chi connectivity index (χ1) is 16.9. The fraction of sp³-hybridized carbons (Fsp3) is 0.214. The molecule has 0 N–H and O–H groups in total. The smallest absolute Gasteiger partial charge is 0.243 e. The highest BCUT2D eigenvalue weighted by Gasteiger charge is 2.26. The van der Waals surface area contributed by atoms with Gasteiger partial charge in [-0.05, 0) is 48.4 Å². The van der Waals surface area contributed by atoms with Crippen LogP contribution in [0.1, 0.15) is 18.9 Å². The van der Waals surface area contributed by atoms with Gasteiger partial charge >= 0.3 is 0 Å². The highest BCUT2D eigenvalue weighted by molar-refractivity contribution is 7.89. The molecule has 0 amide bonds. The van der Waals surface area contributed by atoms with Crippen molar-refractivity contribution in [3.63, 3.8) is 0 Å². The van der Waals surface area contributed by atoms with Gasteiger partial charge in [-0.2, -0.15) is 14.5 Å². The Hall–Kier alpha value is -3.55. The minimum Gasteiger partial charge on any atom is -0.377 e. The van der Waals surface area contributed by atoms with Crippen LogP contribution in [0, 0.1) is 0 Å². The first-order valence-electron chi connectivity index (χ1n) is 11.6. The lowest BCUT2D eigenvalue weighted by Crippen LogP contribution is -2.31. The highest BCUT2D eigenvalue weighted by Crippen LogP contribution is 2.32. The maximum Gasteiger partial charge on any atom is 0.243 e. The van der Waals surface area contributed by atoms with Gasteiger partial charge in [0.2, 0.25) is 10.0 Å². The fourth-order valence-corrected chi connectivity index (χ4v) is 5.76. The van der Waals surface area contributed by atoms with Crippen molar-refractivity contribution in [2.45, 2.75) is 24.8 Å². The zero-order valence-corrected chi connectivity index (χ0v) is 21.1. The van der Waals surface area contributed by atoms with Gasteiger partial charge in [-0.3, -0.25) is 0 Å². The Kier molecular flexibility index (Phi) is 7.58. The number of benzene rings is 4. The summed E-state index contributed by atoms with van der Waals surface area (Å²) < 4.78 is 29.2. The average Bonchev–Trinajstić information content (AvgIpc) is 2.87. The van der Waals surface area contributed by atoms with Crippen LogP contribution < -0.4 is 4.90 Å². The third kappa shape index (κ3) is 5.58. The average molecular weight is 487 g/mol. The van der Waals surface area contributed by atoms with Gasteiger partial charge in [0.05, 0.1) is 16.3 Å². The van der Waals surface area contributed by atoms with Crippen molar-refractivity contribution >= 4 is 37.9 Å². The van der Waals surface area contributed by atoms with Crippen LogP contribution in [0.3, 0.4) is 0 Å². The quantitative estimate of drug-likeness (QED) is 0.241. The van der Waals surface area contributed by atoms with Gasteiger partial charge in [0, 0.05) is 43.6 Å². The lowest BCUT2D eigenvalue weighted by atomic mass is 10.1. The second kappa shape index (κ2) is 10.8. The fourth-order valence-electron chi connectivity index (χ4n) is 4.03. The summed E-state index contributed by atoms with van der Waals surface area (Å²) in [5, 5.41) is 10.2. The summed E-state index contributed by atoms with van der Waals surface area (Å²) in [5.74, 6) is 0. The van der Waals surface area contributed by atoms with Gasteiger partial charge in [0.25, 0.3) is 0 Å². The van der Waals surface area contributed by atoms with E-state index in [1.54, 1.807) is 10.4 Å². The first kappa shape index (κ1) is 24.6. The molecular weight excluding hydrogens is 456 g/mol. The summed E-state index contributed by atoms with van der Waals surface area (Å²) in [6.07, 6.45) is 0.719. The maximum atomic E-state index is 13.8. The molecule has 0 unspecified atom stereocenters. The van der Waals surface area contributed by atoms with Crippen LogP contribution in [-0.2, 0) is 16.6 Å². The molecule has 0 aliphatic carbocycles. The van der Waals surface area contributed by atoms with Crippen LogP contribution >= 0.6 is 0 Å². The third-order valence-corrected chi connectivity index (χ3v) is 7.67. The van der Waals surface area contributed by atoms with Crippen LogP contribution in [0.4, 0.5) is 17.1 Å². The molecular formula is C28H30N4O2S. The summed E-state index contributed by atoms with van der Waals surface area (Å²) in [6.45, 7) is 2.71. The van der Waals surface area contributed by atoms with E-state index in [1.165, 1.54) is 0 Å². The molecule has 0 spiro atoms. The predicted octanol–water partition coefficient (Wildman–Crippen LogP) is 6.92. The van der Waals surface area contributed by atoms with Crippen molar-refractivity contribution in [1.82, 2.24) is 4.31 Å². The molecule has 7 heteroatoms. The molecule has 6 nitrogen and oxygen atoms in total. The summed E-state index contributed by atoms with van der Waals surface area (Å²) in [6, 6.07) is 28.4. The van der Waals surface area contributed by atoms with Crippen molar-refractivity contribution in [2.75, 3.05) is 25.5 Å². The molecule has 180 valence electrons. The normalized spacial score (nSPS) is 12.0. The number of hydrogen-bond acceptors (Lipinski definition) is 5. The molecule has 0 aliphatic rings. The molecule has 4 aromatic rings. The van der Waals surface area contributed by atoms with Crippen LogP contribution in [0.5, 0.6) is 0 Å². The number of anilines is 1. The van der Waals surface area contributed by atoms with E-state index < -0.39 is 10.0 Å². The first-order valence-corrected chi connectivity index (χ1v) is 13.1. The molecule has 0 radical (unpaired) electrons. The summed E-state index contributed by atoms with van der Waals surface area (Å²) >= 11 is 0. The molecule has 0 fully saturated rings. The van der Waals surface area contributed by atoms with Crippen molar-refractivity contribution in [1.29, 1.82) is 0 Å². The topological polar surface area (TPSA) is 65.3 Å². The number of rotatable bonds is 9. The van der Waals surface area contributed by atoms with Crippen LogP contribution in [0.25, 0.3) is 10.8 Å². The largest absolute Gasteiger partial charge is 0.377 e. The second-order valence-corrected chi connectivity index (χ2v) is 10.5. The van der Waals surface area contributed by atoms with Gasteiger partial charge in [0.15, 0.2) is 0 Å². The lowest BCUT2D eigenvalue weighted by Gasteiger charge is -2.23. The number of nitrogens with zero attached hydrogens (tertiary/aromatic N) is 4. The maximum absolute atomic E-state index is 13.8. The van der Waals surface area contributed by atoms with E-state index in [-0.39, 0.29) is 6.54 Å². The predicted molar refractivity (Wildman–Crippen MR) is 143 cm³/mol. The molecule has 0 aromatic heterocycles. The van der Waals surface area contributed by atoms with Gasteiger partial charge in [-0.25, -0.2) is 8.42 Å². The molecule has 0 heterocycles. The number of sulfonamides is 1. The van der Waals surface area contributed by atoms with E-state index in [1.807, 2.05) is 111 Å². The van der Waals surface area contributed by atoms with Crippen molar-refractivity contribution in [3.05, 3.63) is 96.6 Å². The second-order valence-electron chi connectivity index (χ2n) is 8.56. The Balaban J connectivity index is 1.61. The van der Waals surface area contributed by atoms with Gasteiger partial charge in [-0.1, -0.05) is 61.5 Å². The standard InChI is InChI=1S/C28H30N4O2S/c1-4-20-32(21-22-16-18-24(19-17-22)30-29-23-10-6-5-7-11-23)35(33,34)28-15-9-12-25-26(28)13-8-14-27(25)31(2)3/h5-19H,4,20-21H2,1-3H3. The number of azo groups is 1. The Bertz CT molecular complexity index is 1420. The minimum absolute atomic E-state index is 0.288. The van der Waals surface area contributed by atoms with E-state index in [0.717, 1.165) is 34.1 Å². The summed E-state index contributed by atoms with van der Waals surface area (Å²) in [7, 11) is 0.207. The minimum atomic E-state index is -3.71. The van der Waals surface area contributed by atoms with Crippen molar-refractivity contribution in [3.8, 4) is 0 Å². The summed E-state index contributed by atoms with van der Waals surface area (Å²) in [4.78, 5) is 2.33. The Morgan fingerprint density at radius 2 is 1.34 bits per heavy atom. The van der Waals surface area contributed by atoms with Crippen molar-refractivity contribution < 1.29 is 8.42 Å². The molecule has 0 saturated carbocycles. The van der Waals surface area contributed by atoms with Gasteiger partial charge in [0.1, 0.15) is 0 Å². The third-order valence-electron chi connectivity index (χ3n) is 5.76. The van der Waals surface area contributed by atoms with E-state index in [2.05, 4.69) is 10.2 Å². The number of fused-ring (bicyclic) bond motifs is 1. The Morgan fingerprint density at radius 3 is 2.00 bits per heavy atom. The van der Waals surface area contributed by atoms with E-state index in [9.17, 15) is 8.42 Å².